The Morgan fingerprint density at radius 3 is 0.946 bits per heavy atom. The number of carboxylic acid groups (broad SMARTS) is 1. The molecule has 3 N–H and O–H groups in total. The van der Waals surface area contributed by atoms with E-state index in [9.17, 15) is 33.9 Å². The van der Waals surface area contributed by atoms with Gasteiger partial charge in [0.1, 0.15) is 5.78 Å². The third-order valence-electron chi connectivity index (χ3n) is 18.0. The van der Waals surface area contributed by atoms with Crippen molar-refractivity contribution in [1.29, 1.82) is 15.8 Å². The molecule has 474 valence electrons. The lowest BCUT2D eigenvalue weighted by atomic mass is 10.0. The fraction of sp³-hybridized carbons (Fsp3) is 0.329. The van der Waals surface area contributed by atoms with Gasteiger partial charge in [-0.25, -0.2) is 0 Å². The summed E-state index contributed by atoms with van der Waals surface area (Å²) in [6.07, 6.45) is 10.9. The molecule has 0 saturated carbocycles. The van der Waals surface area contributed by atoms with Gasteiger partial charge in [-0.1, -0.05) is 55.7 Å². The molecule has 0 atom stereocenters. The number of amides is 1. The number of fused-ring (bicyclic) bond motifs is 3. The number of aromatic nitrogens is 3. The van der Waals surface area contributed by atoms with Gasteiger partial charge in [0.25, 0.3) is 0 Å². The lowest BCUT2D eigenvalue weighted by Crippen LogP contribution is -2.34. The van der Waals surface area contributed by atoms with E-state index in [-0.39, 0.29) is 36.0 Å². The molecule has 3 saturated heterocycles. The average Bonchev–Trinajstić information content (AvgIpc) is 1.63. The second-order valence-electron chi connectivity index (χ2n) is 24.8. The zero-order chi connectivity index (χ0) is 65.9. The molecule has 0 unspecified atom stereocenters. The molecule has 3 aromatic heterocycles. The molecule has 93 heavy (non-hydrogen) atoms. The van der Waals surface area contributed by atoms with Gasteiger partial charge in [0.2, 0.25) is 5.91 Å². The average molecular weight is 1240 g/mol. The Morgan fingerprint density at radius 1 is 0.409 bits per heavy atom. The predicted molar refractivity (Wildman–Crippen MR) is 361 cm³/mol. The van der Waals surface area contributed by atoms with Crippen molar-refractivity contribution in [3.63, 3.8) is 0 Å². The first-order valence-corrected chi connectivity index (χ1v) is 32.1. The molecule has 3 fully saturated rings. The largest absolute Gasteiger partial charge is 0.481 e. The Morgan fingerprint density at radius 2 is 0.688 bits per heavy atom. The maximum absolute atomic E-state index is 13.4. The van der Waals surface area contributed by atoms with Gasteiger partial charge in [0.15, 0.2) is 17.3 Å². The number of aliphatic carboxylic acids is 1. The number of rotatable bonds is 18. The van der Waals surface area contributed by atoms with Crippen molar-refractivity contribution in [3.8, 4) is 35.3 Å². The number of ketones is 4. The van der Waals surface area contributed by atoms with E-state index in [2.05, 4.69) is 37.5 Å². The maximum Gasteiger partial charge on any atom is 0.307 e. The summed E-state index contributed by atoms with van der Waals surface area (Å²) in [5, 5.41) is 39.2. The third kappa shape index (κ3) is 15.3. The molecule has 9 aromatic rings. The molecule has 6 heterocycles. The van der Waals surface area contributed by atoms with E-state index in [1.807, 2.05) is 115 Å². The molecule has 3 aliphatic heterocycles. The number of likely N-dealkylation sites (tertiary alicyclic amines) is 3. The van der Waals surface area contributed by atoms with Crippen LogP contribution in [0.25, 0.3) is 49.8 Å². The number of piperidine rings is 3. The van der Waals surface area contributed by atoms with Gasteiger partial charge in [-0.05, 0) is 213 Å². The summed E-state index contributed by atoms with van der Waals surface area (Å²) >= 11 is 0. The Kier molecular flexibility index (Phi) is 21.2. The normalized spacial score (nSPS) is 14.5. The summed E-state index contributed by atoms with van der Waals surface area (Å²) in [4.78, 5) is 81.2. The van der Waals surface area contributed by atoms with Crippen molar-refractivity contribution >= 4 is 67.7 Å². The second kappa shape index (κ2) is 29.9. The standard InChI is InChI=1S/C26H27N3O2.C25H26N4O2.C25H25N3O3/c1-18(30)14-21-8-11-23-24(15-21)29(22-9-6-20(16-27)7-10-22)19(2)26(23)25(31)17-28-12-4-3-5-13-28;1-17-25(23(30)16-28-11-3-2-4-12-28)21-10-7-19(14-24(27)31)13-22(21)29(17)20-8-5-18(15-26)6-9-20;1-17-25(23(29)16-27-11-3-2-4-12-27)21-10-7-19(14-24(30)31)13-22(21)28(17)20-8-5-18(15-26)6-9-20/h6-11,15H,3-5,12-14,17H2,1-2H3;5-10,13H,2-4,11-12,14,16H2,1H3,(H2,27,31);5-10,13H,2-4,11-12,14,16H2,1H3,(H,30,31). The zero-order valence-electron chi connectivity index (χ0n) is 53.5. The van der Waals surface area contributed by atoms with Crippen LogP contribution in [0.4, 0.5) is 0 Å². The first-order valence-electron chi connectivity index (χ1n) is 32.1. The number of benzene rings is 6. The van der Waals surface area contributed by atoms with Crippen molar-refractivity contribution < 1.29 is 33.9 Å². The van der Waals surface area contributed by atoms with Crippen molar-refractivity contribution in [2.24, 2.45) is 5.73 Å². The first-order chi connectivity index (χ1) is 44.9. The lowest BCUT2D eigenvalue weighted by Gasteiger charge is -2.25. The minimum atomic E-state index is -0.894. The smallest absolute Gasteiger partial charge is 0.307 e. The topological polar surface area (TPSA) is 245 Å². The number of nitriles is 3. The monoisotopic (exact) mass is 1240 g/mol. The molecule has 0 spiro atoms. The van der Waals surface area contributed by atoms with Gasteiger partial charge < -0.3 is 24.5 Å². The first kappa shape index (κ1) is 65.8. The van der Waals surface area contributed by atoms with Crippen LogP contribution in [-0.2, 0) is 33.6 Å². The third-order valence-corrected chi connectivity index (χ3v) is 18.0. The fourth-order valence-electron chi connectivity index (χ4n) is 13.7. The Bertz CT molecular complexity index is 3990. The highest BCUT2D eigenvalue weighted by Crippen LogP contribution is 2.35. The Hall–Kier alpha value is -10.1. The summed E-state index contributed by atoms with van der Waals surface area (Å²) in [6.45, 7) is 14.4. The minimum Gasteiger partial charge on any atom is -0.481 e. The Balaban J connectivity index is 0.000000153. The number of hydrogen-bond donors (Lipinski definition) is 2. The van der Waals surface area contributed by atoms with Crippen LogP contribution in [0.15, 0.2) is 127 Å². The maximum atomic E-state index is 13.4. The Labute approximate surface area is 542 Å². The molecule has 3 aliphatic rings. The molecule has 0 aliphatic carbocycles. The molecule has 6 aromatic carbocycles. The van der Waals surface area contributed by atoms with Crippen molar-refractivity contribution in [2.45, 2.75) is 105 Å². The van der Waals surface area contributed by atoms with Crippen LogP contribution in [0.3, 0.4) is 0 Å². The minimum absolute atomic E-state index is 0.0788. The van der Waals surface area contributed by atoms with Crippen molar-refractivity contribution in [1.82, 2.24) is 28.4 Å². The number of nitrogens with two attached hydrogens (primary N) is 1. The number of hydrogen-bond acceptors (Lipinski definition) is 12. The summed E-state index contributed by atoms with van der Waals surface area (Å²) in [7, 11) is 0. The molecule has 17 heteroatoms. The molecule has 12 rings (SSSR count). The zero-order valence-corrected chi connectivity index (χ0v) is 53.5. The predicted octanol–water partition coefficient (Wildman–Crippen LogP) is 12.2. The number of primary amides is 1. The number of carbonyl (C=O) groups excluding carboxylic acids is 5. The number of carboxylic acids is 1. The van der Waals surface area contributed by atoms with E-state index in [1.165, 1.54) is 19.3 Å². The van der Waals surface area contributed by atoms with Crippen molar-refractivity contribution in [3.05, 3.63) is 195 Å². The molecular weight excluding hydrogens is 1160 g/mol. The van der Waals surface area contributed by atoms with Crippen LogP contribution in [0.2, 0.25) is 0 Å². The molecule has 0 radical (unpaired) electrons. The van der Waals surface area contributed by atoms with E-state index < -0.39 is 11.9 Å². The van der Waals surface area contributed by atoms with Crippen molar-refractivity contribution in [2.75, 3.05) is 58.9 Å². The quantitative estimate of drug-likeness (QED) is 0.0760. The number of nitrogens with zero attached hydrogens (tertiary/aromatic N) is 9. The number of Topliss-reactive ketones (excluding diaryl/α,β-unsaturated/α-hetero) is 4. The van der Waals surface area contributed by atoms with Gasteiger partial charge in [0.05, 0.1) is 83.9 Å². The highest BCUT2D eigenvalue weighted by molar-refractivity contribution is 6.13. The van der Waals surface area contributed by atoms with Crippen LogP contribution in [-0.4, -0.2) is 127 Å². The van der Waals surface area contributed by atoms with Crippen LogP contribution in [0, 0.1) is 54.8 Å². The number of carbonyl (C=O) groups is 6. The van der Waals surface area contributed by atoms with Gasteiger partial charge in [-0.2, -0.15) is 15.8 Å². The van der Waals surface area contributed by atoms with E-state index in [0.29, 0.717) is 53.9 Å². The van der Waals surface area contributed by atoms with Crippen LogP contribution >= 0.6 is 0 Å². The SMILES string of the molecule is CC(=O)Cc1ccc2c(C(=O)CN3CCCCC3)c(C)n(-c3ccc(C#N)cc3)c2c1.Cc1c(C(=O)CN2CCCCC2)c2ccc(CC(=O)O)cc2n1-c1ccc(C#N)cc1.Cc1c(C(=O)CN2CCCCC2)c2ccc(CC(N)=O)cc2n1-c1ccc(C#N)cc1. The molecular formula is C76H78N10O7. The van der Waals surface area contributed by atoms with E-state index in [0.717, 1.165) is 167 Å². The van der Waals surface area contributed by atoms with Crippen LogP contribution in [0.1, 0.15) is 146 Å². The lowest BCUT2D eigenvalue weighted by molar-refractivity contribution is -0.136. The molecule has 17 nitrogen and oxygen atoms in total. The molecule has 1 amide bonds. The molecule has 0 bridgehead atoms. The van der Waals surface area contributed by atoms with Gasteiger partial charge >= 0.3 is 5.97 Å². The summed E-state index contributed by atoms with van der Waals surface area (Å²) in [5.41, 5.74) is 19.5. The van der Waals surface area contributed by atoms with Crippen LogP contribution in [0.5, 0.6) is 0 Å². The summed E-state index contributed by atoms with van der Waals surface area (Å²) < 4.78 is 6.10. The second-order valence-corrected chi connectivity index (χ2v) is 24.8. The van der Waals surface area contributed by atoms with Crippen LogP contribution < -0.4 is 5.73 Å². The fourth-order valence-corrected chi connectivity index (χ4v) is 13.7. The van der Waals surface area contributed by atoms with Gasteiger partial charge in [-0.3, -0.25) is 43.5 Å². The van der Waals surface area contributed by atoms with E-state index in [1.54, 1.807) is 49.4 Å². The summed E-state index contributed by atoms with van der Waals surface area (Å²) in [6, 6.07) is 45.5. The highest BCUT2D eigenvalue weighted by Gasteiger charge is 2.28. The van der Waals surface area contributed by atoms with E-state index >= 15 is 0 Å². The van der Waals surface area contributed by atoms with E-state index in [4.69, 9.17) is 21.5 Å². The summed E-state index contributed by atoms with van der Waals surface area (Å²) in [5.74, 6) is -0.852. The van der Waals surface area contributed by atoms with Gasteiger partial charge in [0, 0.05) is 73.4 Å². The van der Waals surface area contributed by atoms with Gasteiger partial charge in [-0.15, -0.1) is 0 Å². The highest BCUT2D eigenvalue weighted by atomic mass is 16.4.